The van der Waals surface area contributed by atoms with Crippen LogP contribution in [0.2, 0.25) is 0 Å². The van der Waals surface area contributed by atoms with Crippen molar-refractivity contribution in [1.29, 1.82) is 0 Å². The van der Waals surface area contributed by atoms with Gasteiger partial charge in [-0.05, 0) is 48.2 Å². The minimum Gasteiger partial charge on any atom is -0.465 e. The highest BCUT2D eigenvalue weighted by Crippen LogP contribution is 2.06. The molecule has 0 aliphatic heterocycles. The smallest absolute Gasteiger partial charge is 0.337 e. The normalized spacial score (nSPS) is 11.1. The Balaban J connectivity index is 1.71. The van der Waals surface area contributed by atoms with Crippen LogP contribution in [0.1, 0.15) is 21.5 Å². The third kappa shape index (κ3) is 6.20. The minimum atomic E-state index is -0.333. The number of halogens is 1. The average Bonchev–Trinajstić information content (AvgIpc) is 2.68. The van der Waals surface area contributed by atoms with Crippen LogP contribution in [0.3, 0.4) is 0 Å². The van der Waals surface area contributed by atoms with Gasteiger partial charge in [0.15, 0.2) is 5.96 Å². The largest absolute Gasteiger partial charge is 0.465 e. The van der Waals surface area contributed by atoms with E-state index in [1.807, 2.05) is 12.1 Å². The molecule has 0 spiro atoms. The van der Waals surface area contributed by atoms with Gasteiger partial charge in [0.1, 0.15) is 5.82 Å². The van der Waals surface area contributed by atoms with E-state index in [1.165, 1.54) is 19.2 Å². The van der Waals surface area contributed by atoms with Gasteiger partial charge in [-0.1, -0.05) is 24.3 Å². The summed E-state index contributed by atoms with van der Waals surface area (Å²) in [5, 5.41) is 6.48. The molecule has 2 N–H and O–H groups in total. The molecule has 0 heterocycles. The Morgan fingerprint density at radius 3 is 1.92 bits per heavy atom. The number of hydrogen-bond acceptors (Lipinski definition) is 3. The maximum absolute atomic E-state index is 12.9. The highest BCUT2D eigenvalue weighted by Gasteiger charge is 2.04. The fraction of sp³-hybridized carbons (Fsp3) is 0.300. The van der Waals surface area contributed by atoms with E-state index >= 15 is 0 Å². The number of carbonyl (C=O) groups is 1. The molecular weight excluding hydrogens is 333 g/mol. The minimum absolute atomic E-state index is 0.223. The Morgan fingerprint density at radius 1 is 0.962 bits per heavy atom. The van der Waals surface area contributed by atoms with Crippen molar-refractivity contribution in [3.05, 3.63) is 71.0 Å². The number of rotatable bonds is 7. The number of aliphatic imine (C=N–C) groups is 1. The SMILES string of the molecule is CN=C(NCCc1ccc(F)cc1)NCCc1ccc(C(=O)OC)cc1. The molecule has 0 atom stereocenters. The van der Waals surface area contributed by atoms with E-state index in [4.69, 9.17) is 0 Å². The van der Waals surface area contributed by atoms with E-state index < -0.39 is 0 Å². The Hall–Kier alpha value is -2.89. The van der Waals surface area contributed by atoms with E-state index in [2.05, 4.69) is 20.4 Å². The lowest BCUT2D eigenvalue weighted by Crippen LogP contribution is -2.39. The van der Waals surface area contributed by atoms with Crippen LogP contribution in [0.15, 0.2) is 53.5 Å². The number of hydrogen-bond donors (Lipinski definition) is 2. The van der Waals surface area contributed by atoms with Gasteiger partial charge in [0.05, 0.1) is 12.7 Å². The van der Waals surface area contributed by atoms with E-state index in [0.29, 0.717) is 18.7 Å². The molecular formula is C20H24FN3O2. The van der Waals surface area contributed by atoms with Crippen LogP contribution < -0.4 is 10.6 Å². The molecule has 0 bridgehead atoms. The average molecular weight is 357 g/mol. The summed E-state index contributed by atoms with van der Waals surface area (Å²) in [6.07, 6.45) is 1.59. The van der Waals surface area contributed by atoms with Crippen LogP contribution in [-0.4, -0.2) is 39.2 Å². The van der Waals surface area contributed by atoms with Crippen LogP contribution in [0.5, 0.6) is 0 Å². The zero-order chi connectivity index (χ0) is 18.8. The van der Waals surface area contributed by atoms with Gasteiger partial charge >= 0.3 is 5.97 Å². The highest BCUT2D eigenvalue weighted by atomic mass is 19.1. The summed E-state index contributed by atoms with van der Waals surface area (Å²) in [7, 11) is 3.09. The second-order valence-electron chi connectivity index (χ2n) is 5.74. The molecule has 0 saturated heterocycles. The molecule has 0 aromatic heterocycles. The summed E-state index contributed by atoms with van der Waals surface area (Å²) in [5.41, 5.74) is 2.73. The van der Waals surface area contributed by atoms with Crippen molar-refractivity contribution in [2.75, 3.05) is 27.2 Å². The maximum atomic E-state index is 12.9. The molecule has 5 nitrogen and oxygen atoms in total. The molecule has 6 heteroatoms. The summed E-state index contributed by atoms with van der Waals surface area (Å²) < 4.78 is 17.6. The molecule has 0 saturated carbocycles. The van der Waals surface area contributed by atoms with Gasteiger partial charge in [-0.3, -0.25) is 4.99 Å². The van der Waals surface area contributed by atoms with E-state index in [9.17, 15) is 9.18 Å². The van der Waals surface area contributed by atoms with Crippen LogP contribution in [0, 0.1) is 5.82 Å². The number of guanidine groups is 1. The first-order valence-corrected chi connectivity index (χ1v) is 8.48. The second kappa shape index (κ2) is 10.2. The van der Waals surface area contributed by atoms with Gasteiger partial charge in [-0.15, -0.1) is 0 Å². The molecule has 0 aliphatic carbocycles. The lowest BCUT2D eigenvalue weighted by atomic mass is 10.1. The lowest BCUT2D eigenvalue weighted by molar-refractivity contribution is 0.0600. The van der Waals surface area contributed by atoms with Crippen molar-refractivity contribution >= 4 is 11.9 Å². The Labute approximate surface area is 153 Å². The summed E-state index contributed by atoms with van der Waals surface area (Å²) in [6.45, 7) is 1.42. The quantitative estimate of drug-likeness (QED) is 0.454. The molecule has 0 unspecified atom stereocenters. The van der Waals surface area contributed by atoms with Gasteiger partial charge < -0.3 is 15.4 Å². The van der Waals surface area contributed by atoms with Crippen molar-refractivity contribution < 1.29 is 13.9 Å². The van der Waals surface area contributed by atoms with Gasteiger partial charge in [0.25, 0.3) is 0 Å². The van der Waals surface area contributed by atoms with E-state index in [1.54, 1.807) is 31.3 Å². The highest BCUT2D eigenvalue weighted by molar-refractivity contribution is 5.89. The topological polar surface area (TPSA) is 62.7 Å². The van der Waals surface area contributed by atoms with Crippen LogP contribution >= 0.6 is 0 Å². The Bertz CT molecular complexity index is 728. The second-order valence-corrected chi connectivity index (χ2v) is 5.74. The predicted molar refractivity (Wildman–Crippen MR) is 101 cm³/mol. The first kappa shape index (κ1) is 19.4. The molecule has 2 aromatic rings. The molecule has 0 aliphatic rings. The molecule has 0 fully saturated rings. The Morgan fingerprint density at radius 2 is 1.46 bits per heavy atom. The summed E-state index contributed by atoms with van der Waals surface area (Å²) in [6, 6.07) is 13.9. The van der Waals surface area contributed by atoms with Crippen LogP contribution in [0.25, 0.3) is 0 Å². The van der Waals surface area contributed by atoms with Gasteiger partial charge in [-0.25, -0.2) is 9.18 Å². The number of methoxy groups -OCH3 is 1. The zero-order valence-corrected chi connectivity index (χ0v) is 15.1. The van der Waals surface area contributed by atoms with E-state index in [0.717, 1.165) is 29.9 Å². The standard InChI is InChI=1S/C20H24FN3O2/c1-22-20(24-14-12-16-5-9-18(21)10-6-16)23-13-11-15-3-7-17(8-4-15)19(25)26-2/h3-10H,11-14H2,1-2H3,(H2,22,23,24). The first-order chi connectivity index (χ1) is 12.6. The van der Waals surface area contributed by atoms with Crippen LogP contribution in [-0.2, 0) is 17.6 Å². The summed E-state index contributed by atoms with van der Waals surface area (Å²) in [4.78, 5) is 15.6. The molecule has 0 amide bonds. The number of ether oxygens (including phenoxy) is 1. The van der Waals surface area contributed by atoms with Gasteiger partial charge in [0, 0.05) is 20.1 Å². The van der Waals surface area contributed by atoms with Crippen molar-refractivity contribution in [2.24, 2.45) is 4.99 Å². The maximum Gasteiger partial charge on any atom is 0.337 e. The predicted octanol–water partition coefficient (Wildman–Crippen LogP) is 2.56. The summed E-state index contributed by atoms with van der Waals surface area (Å²) in [5.74, 6) is 0.164. The fourth-order valence-corrected chi connectivity index (χ4v) is 2.45. The van der Waals surface area contributed by atoms with Gasteiger partial charge in [0.2, 0.25) is 0 Å². The molecule has 26 heavy (non-hydrogen) atoms. The molecule has 0 radical (unpaired) electrons. The van der Waals surface area contributed by atoms with Crippen molar-refractivity contribution in [3.63, 3.8) is 0 Å². The zero-order valence-electron chi connectivity index (χ0n) is 15.1. The number of nitrogens with zero attached hydrogens (tertiary/aromatic N) is 1. The van der Waals surface area contributed by atoms with E-state index in [-0.39, 0.29) is 11.8 Å². The van der Waals surface area contributed by atoms with Crippen molar-refractivity contribution in [3.8, 4) is 0 Å². The third-order valence-electron chi connectivity index (χ3n) is 3.92. The fourth-order valence-electron chi connectivity index (χ4n) is 2.45. The number of nitrogens with one attached hydrogen (secondary N) is 2. The number of carbonyl (C=O) groups excluding carboxylic acids is 1. The molecule has 2 aromatic carbocycles. The molecule has 138 valence electrons. The third-order valence-corrected chi connectivity index (χ3v) is 3.92. The van der Waals surface area contributed by atoms with Crippen molar-refractivity contribution in [2.45, 2.75) is 12.8 Å². The Kier molecular flexibility index (Phi) is 7.61. The van der Waals surface area contributed by atoms with Crippen molar-refractivity contribution in [1.82, 2.24) is 10.6 Å². The monoisotopic (exact) mass is 357 g/mol. The first-order valence-electron chi connectivity index (χ1n) is 8.48. The van der Waals surface area contributed by atoms with Crippen LogP contribution in [0.4, 0.5) is 4.39 Å². The lowest BCUT2D eigenvalue weighted by Gasteiger charge is -2.12. The summed E-state index contributed by atoms with van der Waals surface area (Å²) >= 11 is 0. The number of benzene rings is 2. The molecule has 2 rings (SSSR count). The number of esters is 1. The van der Waals surface area contributed by atoms with Gasteiger partial charge in [-0.2, -0.15) is 0 Å².